The highest BCUT2D eigenvalue weighted by Crippen LogP contribution is 2.29. The number of rotatable bonds is 5. The van der Waals surface area contributed by atoms with Crippen molar-refractivity contribution in [3.63, 3.8) is 0 Å². The molecule has 2 aromatic heterocycles. The lowest BCUT2D eigenvalue weighted by Gasteiger charge is -2.47. The van der Waals surface area contributed by atoms with Gasteiger partial charge < -0.3 is 4.90 Å². The Morgan fingerprint density at radius 2 is 1.70 bits per heavy atom. The third-order valence-electron chi connectivity index (χ3n) is 6.94. The van der Waals surface area contributed by atoms with Crippen molar-refractivity contribution < 1.29 is 0 Å². The molecule has 8 nitrogen and oxygen atoms in total. The molecular weight excluding hydrogens is 461 g/mol. The highest BCUT2D eigenvalue weighted by molar-refractivity contribution is 6.32. The van der Waals surface area contributed by atoms with Crippen molar-refractivity contribution >= 4 is 40.3 Å². The van der Waals surface area contributed by atoms with Crippen molar-refractivity contribution in [3.8, 4) is 0 Å². The fourth-order valence-electron chi connectivity index (χ4n) is 5.19. The SMILES string of the molecule is CC[C@H]1CN(c2nc3[nH]c(=O)[nH]c3nc2Cl)CCN1C1CCN(Cc2ccc(Cl)cc2)CC1. The van der Waals surface area contributed by atoms with Crippen molar-refractivity contribution in [1.29, 1.82) is 0 Å². The number of nitrogens with zero attached hydrogens (tertiary/aromatic N) is 5. The summed E-state index contributed by atoms with van der Waals surface area (Å²) >= 11 is 12.5. The van der Waals surface area contributed by atoms with E-state index in [1.54, 1.807) is 0 Å². The van der Waals surface area contributed by atoms with E-state index >= 15 is 0 Å². The number of imidazole rings is 1. The van der Waals surface area contributed by atoms with Crippen LogP contribution >= 0.6 is 23.2 Å². The van der Waals surface area contributed by atoms with Crippen LogP contribution in [0.1, 0.15) is 31.7 Å². The second kappa shape index (κ2) is 9.62. The summed E-state index contributed by atoms with van der Waals surface area (Å²) in [6.07, 6.45) is 3.43. The minimum absolute atomic E-state index is 0.322. The molecule has 2 fully saturated rings. The Kier molecular flexibility index (Phi) is 6.60. The average Bonchev–Trinajstić information content (AvgIpc) is 3.19. The van der Waals surface area contributed by atoms with E-state index in [9.17, 15) is 4.79 Å². The van der Waals surface area contributed by atoms with Crippen LogP contribution < -0.4 is 10.6 Å². The van der Waals surface area contributed by atoms with Gasteiger partial charge in [-0.25, -0.2) is 14.8 Å². The zero-order valence-electron chi connectivity index (χ0n) is 18.7. The van der Waals surface area contributed by atoms with Gasteiger partial charge in [-0.1, -0.05) is 42.3 Å². The number of fused-ring (bicyclic) bond motifs is 1. The first-order valence-corrected chi connectivity index (χ1v) is 12.4. The van der Waals surface area contributed by atoms with Crippen LogP contribution in [0.25, 0.3) is 11.3 Å². The summed E-state index contributed by atoms with van der Waals surface area (Å²) in [4.78, 5) is 33.2. The van der Waals surface area contributed by atoms with Gasteiger partial charge >= 0.3 is 5.69 Å². The van der Waals surface area contributed by atoms with E-state index in [-0.39, 0.29) is 5.69 Å². The summed E-state index contributed by atoms with van der Waals surface area (Å²) in [5, 5.41) is 1.12. The minimum Gasteiger partial charge on any atom is -0.351 e. The Labute approximate surface area is 202 Å². The molecule has 0 bridgehead atoms. The number of benzene rings is 1. The molecule has 1 atom stereocenters. The van der Waals surface area contributed by atoms with Gasteiger partial charge in [-0.05, 0) is 50.0 Å². The normalized spacial score (nSPS) is 21.2. The molecule has 0 spiro atoms. The zero-order valence-corrected chi connectivity index (χ0v) is 20.2. The van der Waals surface area contributed by atoms with E-state index in [2.05, 4.69) is 53.7 Å². The number of nitrogens with one attached hydrogen (secondary N) is 2. The van der Waals surface area contributed by atoms with Gasteiger partial charge in [0.05, 0.1) is 0 Å². The fraction of sp³-hybridized carbons (Fsp3) is 0.522. The Morgan fingerprint density at radius 1 is 1.00 bits per heavy atom. The smallest absolute Gasteiger partial charge is 0.326 e. The average molecular weight is 490 g/mol. The minimum atomic E-state index is -0.322. The molecule has 2 saturated heterocycles. The lowest BCUT2D eigenvalue weighted by atomic mass is 9.98. The number of H-pyrrole nitrogens is 2. The maximum atomic E-state index is 11.6. The molecule has 2 aliphatic heterocycles. The Bertz CT molecular complexity index is 1150. The molecule has 0 unspecified atom stereocenters. The number of piperidine rings is 1. The number of piperazine rings is 1. The first-order chi connectivity index (χ1) is 16.0. The first kappa shape index (κ1) is 22.7. The van der Waals surface area contributed by atoms with Crippen molar-refractivity contribution in [2.24, 2.45) is 0 Å². The number of hydrogen-bond donors (Lipinski definition) is 2. The molecule has 0 amide bonds. The maximum absolute atomic E-state index is 11.6. The first-order valence-electron chi connectivity index (χ1n) is 11.6. The Morgan fingerprint density at radius 3 is 2.39 bits per heavy atom. The van der Waals surface area contributed by atoms with Crippen LogP contribution in [0.3, 0.4) is 0 Å². The van der Waals surface area contributed by atoms with Crippen molar-refractivity contribution in [2.45, 2.75) is 44.8 Å². The predicted molar refractivity (Wildman–Crippen MR) is 132 cm³/mol. The van der Waals surface area contributed by atoms with Crippen molar-refractivity contribution in [3.05, 3.63) is 50.5 Å². The quantitative estimate of drug-likeness (QED) is 0.570. The molecular formula is C23H29Cl2N7O. The highest BCUT2D eigenvalue weighted by atomic mass is 35.5. The lowest BCUT2D eigenvalue weighted by Crippen LogP contribution is -2.58. The van der Waals surface area contributed by atoms with Gasteiger partial charge in [-0.2, -0.15) is 0 Å². The van der Waals surface area contributed by atoms with Gasteiger partial charge in [-0.15, -0.1) is 0 Å². The third kappa shape index (κ3) is 4.89. The summed E-state index contributed by atoms with van der Waals surface area (Å²) in [5.41, 5.74) is 1.83. The molecule has 4 heterocycles. The van der Waals surface area contributed by atoms with Crippen LogP contribution in [0, 0.1) is 0 Å². The molecule has 3 aromatic rings. The molecule has 2 aliphatic rings. The molecule has 10 heteroatoms. The van der Waals surface area contributed by atoms with E-state index in [0.717, 1.165) is 50.7 Å². The largest absolute Gasteiger partial charge is 0.351 e. The third-order valence-corrected chi connectivity index (χ3v) is 7.45. The summed E-state index contributed by atoms with van der Waals surface area (Å²) < 4.78 is 0. The molecule has 0 radical (unpaired) electrons. The van der Waals surface area contributed by atoms with Gasteiger partial charge in [0.1, 0.15) is 0 Å². The van der Waals surface area contributed by atoms with Crippen LogP contribution in [0.2, 0.25) is 10.2 Å². The second-order valence-electron chi connectivity index (χ2n) is 8.99. The van der Waals surface area contributed by atoms with Gasteiger partial charge in [-0.3, -0.25) is 19.8 Å². The number of likely N-dealkylation sites (tertiary alicyclic amines) is 1. The molecule has 0 aliphatic carbocycles. The highest BCUT2D eigenvalue weighted by Gasteiger charge is 2.34. The van der Waals surface area contributed by atoms with Gasteiger partial charge in [0.15, 0.2) is 22.3 Å². The van der Waals surface area contributed by atoms with Gasteiger partial charge in [0, 0.05) is 43.3 Å². The summed E-state index contributed by atoms with van der Waals surface area (Å²) in [6.45, 7) is 8.12. The maximum Gasteiger partial charge on any atom is 0.326 e. The molecule has 0 saturated carbocycles. The zero-order chi connectivity index (χ0) is 22.9. The molecule has 2 N–H and O–H groups in total. The lowest BCUT2D eigenvalue weighted by molar-refractivity contribution is 0.0610. The monoisotopic (exact) mass is 489 g/mol. The number of anilines is 1. The van der Waals surface area contributed by atoms with E-state index in [4.69, 9.17) is 23.2 Å². The van der Waals surface area contributed by atoms with Gasteiger partial charge in [0.2, 0.25) is 0 Å². The van der Waals surface area contributed by atoms with E-state index in [1.165, 1.54) is 18.4 Å². The summed E-state index contributed by atoms with van der Waals surface area (Å²) in [5.74, 6) is 0.648. The molecule has 5 rings (SSSR count). The topological polar surface area (TPSA) is 84.1 Å². The van der Waals surface area contributed by atoms with E-state index in [0.29, 0.717) is 34.3 Å². The Hall–Kier alpha value is -2.13. The van der Waals surface area contributed by atoms with Crippen LogP contribution in [0.4, 0.5) is 5.82 Å². The molecule has 176 valence electrons. The van der Waals surface area contributed by atoms with Crippen molar-refractivity contribution in [1.82, 2.24) is 29.7 Å². The van der Waals surface area contributed by atoms with Crippen molar-refractivity contribution in [2.75, 3.05) is 37.6 Å². The van der Waals surface area contributed by atoms with Crippen LogP contribution in [-0.4, -0.2) is 74.5 Å². The standard InChI is InChI=1S/C23H29Cl2N7O/c1-2-17-14-31(22-19(25)26-20-21(27-22)29-23(33)28-20)11-12-32(17)18-7-9-30(10-8-18)13-15-3-5-16(24)6-4-15/h3-6,17-18H,2,7-14H2,1H3,(H2,26,27,28,29,33)/t17-/m0/s1. The summed E-state index contributed by atoms with van der Waals surface area (Å²) in [6, 6.07) is 9.22. The number of aromatic nitrogens is 4. The Balaban J connectivity index is 1.21. The van der Waals surface area contributed by atoms with E-state index < -0.39 is 0 Å². The molecule has 33 heavy (non-hydrogen) atoms. The van der Waals surface area contributed by atoms with Crippen LogP contribution in [0.15, 0.2) is 29.1 Å². The number of halogens is 2. The predicted octanol–water partition coefficient (Wildman–Crippen LogP) is 3.52. The van der Waals surface area contributed by atoms with E-state index in [1.807, 2.05) is 12.1 Å². The molecule has 1 aromatic carbocycles. The fourth-order valence-corrected chi connectivity index (χ4v) is 5.56. The number of aromatic amines is 2. The second-order valence-corrected chi connectivity index (χ2v) is 9.79. The number of hydrogen-bond acceptors (Lipinski definition) is 6. The van der Waals surface area contributed by atoms with Gasteiger partial charge in [0.25, 0.3) is 0 Å². The summed E-state index contributed by atoms with van der Waals surface area (Å²) in [7, 11) is 0. The van der Waals surface area contributed by atoms with Crippen LogP contribution in [-0.2, 0) is 6.54 Å². The van der Waals surface area contributed by atoms with Crippen LogP contribution in [0.5, 0.6) is 0 Å².